The molecule has 3 fully saturated rings. The number of amides is 4. The second kappa shape index (κ2) is 10.3. The number of allylic oxidation sites excluding steroid dienone is 2. The number of nitrogens with zero attached hydrogens (tertiary/aromatic N) is 2. The predicted octanol–water partition coefficient (Wildman–Crippen LogP) is 4.24. The van der Waals surface area contributed by atoms with Gasteiger partial charge in [0.1, 0.15) is 22.8 Å². The molecule has 3 N–H and O–H groups in total. The Morgan fingerprint density at radius 1 is 0.848 bits per heavy atom. The van der Waals surface area contributed by atoms with Crippen molar-refractivity contribution in [2.75, 3.05) is 16.9 Å². The molecule has 3 aromatic rings. The third-order valence-electron chi connectivity index (χ3n) is 10.3. The molecule has 0 radical (unpaired) electrons. The van der Waals surface area contributed by atoms with E-state index in [1.807, 2.05) is 6.08 Å². The first-order chi connectivity index (χ1) is 22.0. The quantitative estimate of drug-likeness (QED) is 0.279. The van der Waals surface area contributed by atoms with Gasteiger partial charge in [-0.3, -0.25) is 19.2 Å². The maximum Gasteiger partial charge on any atom is 0.339 e. The number of phenols is 2. The number of rotatable bonds is 5. The van der Waals surface area contributed by atoms with Crippen molar-refractivity contribution in [2.45, 2.75) is 25.7 Å². The number of hydrogen-bond acceptors (Lipinski definition) is 8. The number of benzene rings is 3. The number of carbonyl (C=O) groups is 5. The van der Waals surface area contributed by atoms with Gasteiger partial charge in [0.05, 0.1) is 41.7 Å². The van der Waals surface area contributed by atoms with Crippen LogP contribution in [-0.2, 0) is 19.2 Å². The zero-order chi connectivity index (χ0) is 32.7. The Bertz CT molecular complexity index is 1890. The van der Waals surface area contributed by atoms with E-state index in [0.717, 1.165) is 17.0 Å². The summed E-state index contributed by atoms with van der Waals surface area (Å²) in [7, 11) is 1.48. The summed E-state index contributed by atoms with van der Waals surface area (Å²) >= 11 is 0. The maximum atomic E-state index is 14.5. The molecule has 11 nitrogen and oxygen atoms in total. The number of aromatic hydroxyl groups is 2. The van der Waals surface area contributed by atoms with Crippen LogP contribution in [0.4, 0.5) is 11.4 Å². The molecule has 2 saturated heterocycles. The molecule has 0 bridgehead atoms. The number of para-hydroxylation sites is 1. The minimum atomic E-state index is -1.36. The van der Waals surface area contributed by atoms with Crippen molar-refractivity contribution in [3.8, 4) is 17.2 Å². The molecule has 0 spiro atoms. The highest BCUT2D eigenvalue weighted by Crippen LogP contribution is 2.64. The lowest BCUT2D eigenvalue weighted by Crippen LogP contribution is -2.48. The Morgan fingerprint density at radius 2 is 1.59 bits per heavy atom. The van der Waals surface area contributed by atoms with Gasteiger partial charge >= 0.3 is 5.97 Å². The van der Waals surface area contributed by atoms with Crippen LogP contribution in [0.15, 0.2) is 78.4 Å². The summed E-state index contributed by atoms with van der Waals surface area (Å²) in [6, 6.07) is 16.8. The SMILES string of the molecule is COc1ccc(O)c([C@H]2C3=CC[C@@H]4C(=O)N(c5ccc(C(=O)O)c(O)c5)C(=O)[C@@H]4[C@@H]3C[C@H]3C(=O)N(c4ccccc4)C(=O)[C@@]23C)c1. The molecular formula is C35H30N2O9. The summed E-state index contributed by atoms with van der Waals surface area (Å²) in [4.78, 5) is 70.3. The minimum absolute atomic E-state index is 0.0402. The van der Waals surface area contributed by atoms with Gasteiger partial charge in [-0.15, -0.1) is 0 Å². The van der Waals surface area contributed by atoms with Gasteiger partial charge in [-0.2, -0.15) is 0 Å². The van der Waals surface area contributed by atoms with E-state index in [4.69, 9.17) is 4.74 Å². The second-order valence-corrected chi connectivity index (χ2v) is 12.4. The fourth-order valence-corrected chi connectivity index (χ4v) is 8.17. The first-order valence-corrected chi connectivity index (χ1v) is 14.9. The van der Waals surface area contributed by atoms with Crippen molar-refractivity contribution in [1.29, 1.82) is 0 Å². The molecular weight excluding hydrogens is 592 g/mol. The molecule has 3 aromatic carbocycles. The Kier molecular flexibility index (Phi) is 6.55. The number of anilines is 2. The zero-order valence-corrected chi connectivity index (χ0v) is 24.9. The highest BCUT2D eigenvalue weighted by Gasteiger charge is 2.68. The summed E-state index contributed by atoms with van der Waals surface area (Å²) in [6.45, 7) is 1.73. The molecule has 7 rings (SSSR count). The molecule has 11 heteroatoms. The van der Waals surface area contributed by atoms with Crippen LogP contribution in [0, 0.1) is 29.1 Å². The van der Waals surface area contributed by atoms with Crippen LogP contribution in [0.5, 0.6) is 17.2 Å². The molecule has 6 atom stereocenters. The van der Waals surface area contributed by atoms with E-state index in [2.05, 4.69) is 0 Å². The van der Waals surface area contributed by atoms with Crippen LogP contribution in [0.2, 0.25) is 0 Å². The van der Waals surface area contributed by atoms with Gasteiger partial charge in [-0.1, -0.05) is 29.8 Å². The molecule has 234 valence electrons. The molecule has 4 amide bonds. The number of carboxylic acids is 1. The smallest absolute Gasteiger partial charge is 0.339 e. The van der Waals surface area contributed by atoms with Crippen molar-refractivity contribution in [1.82, 2.24) is 0 Å². The van der Waals surface area contributed by atoms with Crippen LogP contribution in [0.1, 0.15) is 41.6 Å². The van der Waals surface area contributed by atoms with Gasteiger partial charge in [0.15, 0.2) is 0 Å². The molecule has 2 heterocycles. The molecule has 4 aliphatic rings. The third kappa shape index (κ3) is 3.93. The van der Waals surface area contributed by atoms with Crippen molar-refractivity contribution < 1.29 is 44.0 Å². The highest BCUT2D eigenvalue weighted by molar-refractivity contribution is 6.25. The fourth-order valence-electron chi connectivity index (χ4n) is 8.17. The molecule has 1 saturated carbocycles. The minimum Gasteiger partial charge on any atom is -0.508 e. The lowest BCUT2D eigenvalue weighted by Gasteiger charge is -2.49. The van der Waals surface area contributed by atoms with E-state index in [1.165, 1.54) is 24.1 Å². The van der Waals surface area contributed by atoms with E-state index >= 15 is 0 Å². The first kappa shape index (κ1) is 29.3. The Morgan fingerprint density at radius 3 is 2.26 bits per heavy atom. The average molecular weight is 623 g/mol. The average Bonchev–Trinajstić information content (AvgIpc) is 3.41. The normalized spacial score (nSPS) is 28.5. The number of methoxy groups -OCH3 is 1. The van der Waals surface area contributed by atoms with Gasteiger partial charge < -0.3 is 20.1 Å². The van der Waals surface area contributed by atoms with Crippen LogP contribution in [0.25, 0.3) is 0 Å². The number of carbonyl (C=O) groups excluding carboxylic acids is 4. The topological polar surface area (TPSA) is 162 Å². The Balaban J connectivity index is 1.36. The van der Waals surface area contributed by atoms with Crippen molar-refractivity contribution in [3.05, 3.63) is 89.5 Å². The maximum absolute atomic E-state index is 14.5. The summed E-state index contributed by atoms with van der Waals surface area (Å²) in [5, 5.41) is 30.9. The van der Waals surface area contributed by atoms with E-state index in [1.54, 1.807) is 49.4 Å². The van der Waals surface area contributed by atoms with Gasteiger partial charge in [-0.25, -0.2) is 14.6 Å². The molecule has 0 unspecified atom stereocenters. The van der Waals surface area contributed by atoms with Crippen molar-refractivity contribution >= 4 is 41.0 Å². The fraction of sp³-hybridized carbons (Fsp3) is 0.286. The van der Waals surface area contributed by atoms with E-state index < -0.39 is 70.4 Å². The number of ether oxygens (including phenoxy) is 1. The molecule has 2 aliphatic heterocycles. The van der Waals surface area contributed by atoms with E-state index in [-0.39, 0.29) is 29.8 Å². The second-order valence-electron chi connectivity index (χ2n) is 12.4. The standard InChI is InChI=1S/C35H30N2O9/c1-35-25(31(41)37(34(35)45)17-6-4-3-5-7-17)16-23-20(29(35)24-15-19(46-2)9-13-26(24)38)11-12-22-28(23)32(42)36(30(22)40)18-8-10-21(33(43)44)27(39)14-18/h3-11,13-15,22-23,25,28-29,38-39H,12,16H2,1-2H3,(H,43,44)/t22-,23+,25-,28-,29+,35+/m0/s1. The largest absolute Gasteiger partial charge is 0.508 e. The van der Waals surface area contributed by atoms with Crippen molar-refractivity contribution in [2.24, 2.45) is 29.1 Å². The van der Waals surface area contributed by atoms with Crippen LogP contribution < -0.4 is 14.5 Å². The number of aromatic carboxylic acids is 1. The van der Waals surface area contributed by atoms with Crippen LogP contribution in [0.3, 0.4) is 0 Å². The van der Waals surface area contributed by atoms with Gasteiger partial charge in [-0.05, 0) is 68.1 Å². The number of imide groups is 2. The van der Waals surface area contributed by atoms with Gasteiger partial charge in [0.2, 0.25) is 23.6 Å². The highest BCUT2D eigenvalue weighted by atomic mass is 16.5. The van der Waals surface area contributed by atoms with Crippen LogP contribution >= 0.6 is 0 Å². The van der Waals surface area contributed by atoms with Crippen molar-refractivity contribution in [3.63, 3.8) is 0 Å². The molecule has 46 heavy (non-hydrogen) atoms. The summed E-state index contributed by atoms with van der Waals surface area (Å²) in [6.07, 6.45) is 2.15. The third-order valence-corrected chi connectivity index (χ3v) is 10.3. The van der Waals surface area contributed by atoms with E-state index in [9.17, 15) is 39.3 Å². The monoisotopic (exact) mass is 622 g/mol. The lowest BCUT2D eigenvalue weighted by molar-refractivity contribution is -0.131. The zero-order valence-electron chi connectivity index (χ0n) is 24.9. The Hall–Kier alpha value is -5.45. The number of carboxylic acid groups (broad SMARTS) is 1. The molecule has 2 aliphatic carbocycles. The summed E-state index contributed by atoms with van der Waals surface area (Å²) in [5.74, 6) is -7.49. The number of hydrogen-bond donors (Lipinski definition) is 3. The summed E-state index contributed by atoms with van der Waals surface area (Å²) in [5.41, 5.74) is -0.190. The number of phenolic OH excluding ortho intramolecular Hbond substituents is 1. The van der Waals surface area contributed by atoms with E-state index in [0.29, 0.717) is 22.6 Å². The first-order valence-electron chi connectivity index (χ1n) is 14.9. The Labute approximate surface area is 263 Å². The summed E-state index contributed by atoms with van der Waals surface area (Å²) < 4.78 is 5.46. The van der Waals surface area contributed by atoms with Gasteiger partial charge in [0.25, 0.3) is 0 Å². The molecule has 0 aromatic heterocycles. The van der Waals surface area contributed by atoms with Gasteiger partial charge in [0, 0.05) is 17.5 Å². The van der Waals surface area contributed by atoms with Crippen LogP contribution in [-0.4, -0.2) is 52.0 Å². The predicted molar refractivity (Wildman–Crippen MR) is 163 cm³/mol. The lowest BCUT2D eigenvalue weighted by atomic mass is 9.51. The number of fused-ring (bicyclic) bond motifs is 4.